The fourth-order valence-corrected chi connectivity index (χ4v) is 4.35. The maximum atomic E-state index is 13.2. The van der Waals surface area contributed by atoms with Crippen molar-refractivity contribution in [3.63, 3.8) is 0 Å². The summed E-state index contributed by atoms with van der Waals surface area (Å²) in [6, 6.07) is 19.9. The zero-order chi connectivity index (χ0) is 21.6. The minimum absolute atomic E-state index is 0.0976. The van der Waals surface area contributed by atoms with Gasteiger partial charge in [0.2, 0.25) is 5.91 Å². The minimum atomic E-state index is -0.0976. The number of methoxy groups -OCH3 is 2. The van der Waals surface area contributed by atoms with Crippen LogP contribution in [-0.4, -0.2) is 30.0 Å². The number of amides is 1. The Balaban J connectivity index is 1.71. The van der Waals surface area contributed by atoms with E-state index in [1.165, 1.54) is 0 Å². The highest BCUT2D eigenvalue weighted by molar-refractivity contribution is 5.77. The van der Waals surface area contributed by atoms with E-state index in [1.54, 1.807) is 20.4 Å². The third kappa shape index (κ3) is 4.55. The number of nitrogens with zero attached hydrogens (tertiary/aromatic N) is 2. The first-order valence-electron chi connectivity index (χ1n) is 10.7. The van der Waals surface area contributed by atoms with Gasteiger partial charge in [-0.3, -0.25) is 9.78 Å². The van der Waals surface area contributed by atoms with Crippen molar-refractivity contribution in [3.8, 4) is 22.8 Å². The zero-order valence-corrected chi connectivity index (χ0v) is 18.1. The van der Waals surface area contributed by atoms with Crippen LogP contribution in [0.3, 0.4) is 0 Å². The molecule has 0 spiro atoms. The lowest BCUT2D eigenvalue weighted by molar-refractivity contribution is -0.133. The van der Waals surface area contributed by atoms with Crippen LogP contribution >= 0.6 is 0 Å². The third-order valence-electron chi connectivity index (χ3n) is 5.85. The summed E-state index contributed by atoms with van der Waals surface area (Å²) in [6.45, 7) is 0.533. The van der Waals surface area contributed by atoms with Crippen LogP contribution in [0.4, 0.5) is 0 Å². The molecule has 1 atom stereocenters. The van der Waals surface area contributed by atoms with Crippen molar-refractivity contribution in [2.24, 2.45) is 0 Å². The predicted octanol–water partition coefficient (Wildman–Crippen LogP) is 5.41. The molecular formula is C26H28N2O3. The number of carbonyl (C=O) groups excluding carboxylic acids is 1. The molecule has 5 heteroatoms. The molecule has 5 nitrogen and oxygen atoms in total. The lowest BCUT2D eigenvalue weighted by atomic mass is 9.97. The van der Waals surface area contributed by atoms with Crippen LogP contribution in [0.5, 0.6) is 11.5 Å². The molecule has 1 saturated heterocycles. The standard InChI is InChI=1S/C26H28N2O3/c1-30-23-13-8-14-24(31-2)26(23)22-12-3-4-15-25(29)28(22)18-19-9-7-10-20(17-19)21-11-5-6-16-27-21/h5-11,13-14,16-17,22H,3-4,12,15,18H2,1-2H3. The van der Waals surface area contributed by atoms with Gasteiger partial charge in [-0.05, 0) is 48.7 Å². The number of benzene rings is 2. The lowest BCUT2D eigenvalue weighted by Crippen LogP contribution is -2.33. The monoisotopic (exact) mass is 416 g/mol. The second-order valence-electron chi connectivity index (χ2n) is 7.77. The Hall–Kier alpha value is -3.34. The molecule has 4 rings (SSSR count). The SMILES string of the molecule is COc1cccc(OC)c1C1CCCCC(=O)N1Cc1cccc(-c2ccccn2)c1. The van der Waals surface area contributed by atoms with Crippen molar-refractivity contribution in [2.75, 3.05) is 14.2 Å². The lowest BCUT2D eigenvalue weighted by Gasteiger charge is -2.32. The summed E-state index contributed by atoms with van der Waals surface area (Å²) in [5, 5.41) is 0. The Morgan fingerprint density at radius 1 is 0.968 bits per heavy atom. The average Bonchev–Trinajstić information content (AvgIpc) is 3.00. The topological polar surface area (TPSA) is 51.7 Å². The van der Waals surface area contributed by atoms with Crippen molar-refractivity contribution >= 4 is 5.91 Å². The largest absolute Gasteiger partial charge is 0.496 e. The molecule has 0 radical (unpaired) electrons. The van der Waals surface area contributed by atoms with Gasteiger partial charge in [0.25, 0.3) is 0 Å². The van der Waals surface area contributed by atoms with Gasteiger partial charge in [0.15, 0.2) is 0 Å². The zero-order valence-electron chi connectivity index (χ0n) is 18.1. The van der Waals surface area contributed by atoms with E-state index in [0.29, 0.717) is 13.0 Å². The summed E-state index contributed by atoms with van der Waals surface area (Å²) in [7, 11) is 3.33. The Labute approximate surface area is 183 Å². The van der Waals surface area contributed by atoms with E-state index >= 15 is 0 Å². The number of ether oxygens (including phenoxy) is 2. The molecule has 1 aliphatic heterocycles. The highest BCUT2D eigenvalue weighted by Crippen LogP contribution is 2.42. The predicted molar refractivity (Wildman–Crippen MR) is 121 cm³/mol. The quantitative estimate of drug-likeness (QED) is 0.539. The van der Waals surface area contributed by atoms with E-state index in [1.807, 2.05) is 47.4 Å². The van der Waals surface area contributed by atoms with Crippen molar-refractivity contribution < 1.29 is 14.3 Å². The number of pyridine rings is 1. The molecule has 1 aliphatic rings. The van der Waals surface area contributed by atoms with E-state index < -0.39 is 0 Å². The maximum Gasteiger partial charge on any atom is 0.223 e. The van der Waals surface area contributed by atoms with Gasteiger partial charge in [-0.2, -0.15) is 0 Å². The van der Waals surface area contributed by atoms with Gasteiger partial charge in [-0.15, -0.1) is 0 Å². The number of likely N-dealkylation sites (tertiary alicyclic amines) is 1. The summed E-state index contributed by atoms with van der Waals surface area (Å²) in [5.74, 6) is 1.68. The minimum Gasteiger partial charge on any atom is -0.496 e. The van der Waals surface area contributed by atoms with Gasteiger partial charge in [-0.25, -0.2) is 0 Å². The normalized spacial score (nSPS) is 16.6. The fourth-order valence-electron chi connectivity index (χ4n) is 4.35. The van der Waals surface area contributed by atoms with Crippen LogP contribution in [-0.2, 0) is 11.3 Å². The summed E-state index contributed by atoms with van der Waals surface area (Å²) >= 11 is 0. The number of aromatic nitrogens is 1. The summed E-state index contributed by atoms with van der Waals surface area (Å²) in [4.78, 5) is 19.6. The Morgan fingerprint density at radius 2 is 1.74 bits per heavy atom. The van der Waals surface area contributed by atoms with E-state index in [9.17, 15) is 4.79 Å². The van der Waals surface area contributed by atoms with E-state index in [2.05, 4.69) is 23.2 Å². The van der Waals surface area contributed by atoms with Crippen LogP contribution < -0.4 is 9.47 Å². The molecule has 0 aliphatic carbocycles. The number of hydrogen-bond donors (Lipinski definition) is 0. The molecule has 2 aromatic carbocycles. The number of hydrogen-bond acceptors (Lipinski definition) is 4. The molecule has 0 saturated carbocycles. The van der Waals surface area contributed by atoms with Crippen molar-refractivity contribution in [3.05, 3.63) is 78.0 Å². The van der Waals surface area contributed by atoms with Crippen molar-refractivity contribution in [2.45, 2.75) is 38.3 Å². The number of rotatable bonds is 6. The molecule has 0 bridgehead atoms. The molecule has 1 fully saturated rings. The van der Waals surface area contributed by atoms with Crippen LogP contribution in [0, 0.1) is 0 Å². The van der Waals surface area contributed by atoms with Crippen molar-refractivity contribution in [1.29, 1.82) is 0 Å². The smallest absolute Gasteiger partial charge is 0.223 e. The van der Waals surface area contributed by atoms with E-state index in [0.717, 1.165) is 53.1 Å². The third-order valence-corrected chi connectivity index (χ3v) is 5.85. The Kier molecular flexibility index (Phi) is 6.51. The van der Waals surface area contributed by atoms with E-state index in [4.69, 9.17) is 9.47 Å². The molecule has 0 N–H and O–H groups in total. The molecule has 31 heavy (non-hydrogen) atoms. The Morgan fingerprint density at radius 3 is 2.45 bits per heavy atom. The highest BCUT2D eigenvalue weighted by atomic mass is 16.5. The molecular weight excluding hydrogens is 388 g/mol. The molecule has 1 aromatic heterocycles. The molecule has 3 aromatic rings. The van der Waals surface area contributed by atoms with Gasteiger partial charge in [0.1, 0.15) is 11.5 Å². The first-order valence-corrected chi connectivity index (χ1v) is 10.7. The van der Waals surface area contributed by atoms with Crippen LogP contribution in [0.15, 0.2) is 66.9 Å². The summed E-state index contributed by atoms with van der Waals surface area (Å²) in [5.41, 5.74) is 4.00. The Bertz CT molecular complexity index is 1010. The molecule has 1 unspecified atom stereocenters. The molecule has 160 valence electrons. The maximum absolute atomic E-state index is 13.2. The van der Waals surface area contributed by atoms with Gasteiger partial charge < -0.3 is 14.4 Å². The number of carbonyl (C=O) groups is 1. The summed E-state index contributed by atoms with van der Waals surface area (Å²) < 4.78 is 11.3. The first-order chi connectivity index (χ1) is 15.2. The van der Waals surface area contributed by atoms with E-state index in [-0.39, 0.29) is 11.9 Å². The van der Waals surface area contributed by atoms with Crippen LogP contribution in [0.2, 0.25) is 0 Å². The van der Waals surface area contributed by atoms with Crippen LogP contribution in [0.25, 0.3) is 11.3 Å². The van der Waals surface area contributed by atoms with Crippen molar-refractivity contribution in [1.82, 2.24) is 9.88 Å². The van der Waals surface area contributed by atoms with Gasteiger partial charge in [0.05, 0.1) is 31.5 Å². The molecule has 1 amide bonds. The fraction of sp³-hybridized carbons (Fsp3) is 0.308. The molecule has 2 heterocycles. The van der Waals surface area contributed by atoms with Gasteiger partial charge in [-0.1, -0.05) is 36.8 Å². The summed E-state index contributed by atoms with van der Waals surface area (Å²) in [6.07, 6.45) is 5.12. The van der Waals surface area contributed by atoms with Gasteiger partial charge in [0, 0.05) is 24.7 Å². The highest BCUT2D eigenvalue weighted by Gasteiger charge is 2.32. The van der Waals surface area contributed by atoms with Gasteiger partial charge >= 0.3 is 0 Å². The average molecular weight is 417 g/mol. The van der Waals surface area contributed by atoms with Crippen LogP contribution in [0.1, 0.15) is 42.9 Å². The first kappa shape index (κ1) is 20.9. The second-order valence-corrected chi connectivity index (χ2v) is 7.77. The second kappa shape index (κ2) is 9.65.